The zero-order valence-electron chi connectivity index (χ0n) is 14.5. The van der Waals surface area contributed by atoms with E-state index >= 15 is 0 Å². The quantitative estimate of drug-likeness (QED) is 0.558. The summed E-state index contributed by atoms with van der Waals surface area (Å²) in [6, 6.07) is 4.19. The lowest BCUT2D eigenvalue weighted by Gasteiger charge is -2.34. The molecule has 1 aliphatic carbocycles. The van der Waals surface area contributed by atoms with Crippen LogP contribution in [0, 0.1) is 0 Å². The van der Waals surface area contributed by atoms with Gasteiger partial charge in [-0.1, -0.05) is 31.0 Å². The predicted molar refractivity (Wildman–Crippen MR) is 97.4 cm³/mol. The average Bonchev–Trinajstić information content (AvgIpc) is 3.06. The van der Waals surface area contributed by atoms with Gasteiger partial charge in [-0.15, -0.1) is 5.10 Å². The molecule has 0 bridgehead atoms. The zero-order chi connectivity index (χ0) is 17.5. The number of tetrazole rings is 1. The van der Waals surface area contributed by atoms with E-state index in [1.807, 2.05) is 24.1 Å². The molecule has 0 aromatic carbocycles. The third-order valence-corrected chi connectivity index (χ3v) is 5.59. The molecule has 1 aliphatic rings. The summed E-state index contributed by atoms with van der Waals surface area (Å²) in [4.78, 5) is 19.0. The molecule has 1 fully saturated rings. The van der Waals surface area contributed by atoms with Crippen LogP contribution in [-0.2, 0) is 11.8 Å². The van der Waals surface area contributed by atoms with Crippen molar-refractivity contribution >= 4 is 23.4 Å². The third-order valence-electron chi connectivity index (χ3n) is 4.50. The number of hydrogen-bond donors (Lipinski definition) is 0. The van der Waals surface area contributed by atoms with E-state index < -0.39 is 0 Å². The van der Waals surface area contributed by atoms with Crippen molar-refractivity contribution in [3.8, 4) is 0 Å². The number of amides is 1. The first-order valence-electron chi connectivity index (χ1n) is 8.83. The fraction of sp³-hybridized carbons (Fsp3) is 0.588. The molecule has 0 saturated heterocycles. The molecule has 1 amide bonds. The highest BCUT2D eigenvalue weighted by molar-refractivity contribution is 7.99. The predicted octanol–water partition coefficient (Wildman–Crippen LogP) is 2.84. The third kappa shape index (κ3) is 4.78. The Kier molecular flexibility index (Phi) is 6.38. The summed E-state index contributed by atoms with van der Waals surface area (Å²) in [5, 5.41) is 12.2. The number of aryl methyl sites for hydroxylation is 1. The normalized spacial score (nSPS) is 15.2. The van der Waals surface area contributed by atoms with Crippen LogP contribution < -0.4 is 4.90 Å². The van der Waals surface area contributed by atoms with Gasteiger partial charge in [-0.2, -0.15) is 0 Å². The Bertz CT molecular complexity index is 671. The number of rotatable bonds is 7. The molecule has 8 heteroatoms. The van der Waals surface area contributed by atoms with Gasteiger partial charge in [0.05, 0.1) is 0 Å². The van der Waals surface area contributed by atoms with E-state index in [0.29, 0.717) is 12.5 Å². The molecule has 2 aromatic rings. The van der Waals surface area contributed by atoms with Crippen molar-refractivity contribution in [3.05, 3.63) is 24.5 Å². The van der Waals surface area contributed by atoms with E-state index in [4.69, 9.17) is 0 Å². The van der Waals surface area contributed by atoms with Crippen LogP contribution in [-0.4, -0.2) is 42.9 Å². The number of carbonyl (C=O) groups excluding carboxylic acids is 1. The second-order valence-electron chi connectivity index (χ2n) is 6.30. The largest absolute Gasteiger partial charge is 0.309 e. The van der Waals surface area contributed by atoms with E-state index in [0.717, 1.165) is 35.9 Å². The van der Waals surface area contributed by atoms with E-state index in [1.54, 1.807) is 28.8 Å². The lowest BCUT2D eigenvalue weighted by Crippen LogP contribution is -2.41. The van der Waals surface area contributed by atoms with Crippen molar-refractivity contribution in [3.63, 3.8) is 0 Å². The van der Waals surface area contributed by atoms with E-state index in [2.05, 4.69) is 20.5 Å². The van der Waals surface area contributed by atoms with Gasteiger partial charge in [0.15, 0.2) is 0 Å². The maximum Gasteiger partial charge on any atom is 0.227 e. The van der Waals surface area contributed by atoms with Gasteiger partial charge in [-0.25, -0.2) is 4.68 Å². The maximum absolute atomic E-state index is 12.9. The van der Waals surface area contributed by atoms with Gasteiger partial charge in [0.25, 0.3) is 0 Å². The minimum Gasteiger partial charge on any atom is -0.309 e. The lowest BCUT2D eigenvalue weighted by atomic mass is 9.93. The highest BCUT2D eigenvalue weighted by atomic mass is 32.2. The molecule has 3 rings (SSSR count). The molecule has 134 valence electrons. The summed E-state index contributed by atoms with van der Waals surface area (Å²) in [7, 11) is 1.82. The molecule has 0 spiro atoms. The van der Waals surface area contributed by atoms with Crippen molar-refractivity contribution < 1.29 is 4.79 Å². The van der Waals surface area contributed by atoms with E-state index in [-0.39, 0.29) is 5.91 Å². The Morgan fingerprint density at radius 3 is 2.72 bits per heavy atom. The lowest BCUT2D eigenvalue weighted by molar-refractivity contribution is -0.119. The molecular weight excluding hydrogens is 336 g/mol. The first kappa shape index (κ1) is 17.8. The minimum absolute atomic E-state index is 0.204. The van der Waals surface area contributed by atoms with Gasteiger partial charge in [0.1, 0.15) is 0 Å². The van der Waals surface area contributed by atoms with Crippen LogP contribution in [0.2, 0.25) is 0 Å². The van der Waals surface area contributed by atoms with E-state index in [1.165, 1.54) is 19.3 Å². The molecule has 2 heterocycles. The smallest absolute Gasteiger partial charge is 0.227 e. The number of aromatic nitrogens is 5. The van der Waals surface area contributed by atoms with Crippen LogP contribution in [0.1, 0.15) is 44.9 Å². The van der Waals surface area contributed by atoms with Crippen molar-refractivity contribution in [2.75, 3.05) is 10.7 Å². The van der Waals surface area contributed by atoms with Gasteiger partial charge in [0, 0.05) is 43.3 Å². The Labute approximate surface area is 152 Å². The molecule has 0 radical (unpaired) electrons. The summed E-state index contributed by atoms with van der Waals surface area (Å²) in [6.45, 7) is 0. The second-order valence-corrected chi connectivity index (χ2v) is 7.36. The van der Waals surface area contributed by atoms with Gasteiger partial charge in [-0.05, 0) is 41.8 Å². The molecule has 0 aliphatic heterocycles. The number of pyridine rings is 1. The topological polar surface area (TPSA) is 76.8 Å². The summed E-state index contributed by atoms with van der Waals surface area (Å²) >= 11 is 1.58. The number of thioether (sulfide) groups is 1. The first-order valence-corrected chi connectivity index (χ1v) is 9.81. The molecule has 0 N–H and O–H groups in total. The van der Waals surface area contributed by atoms with Crippen molar-refractivity contribution in [1.29, 1.82) is 0 Å². The van der Waals surface area contributed by atoms with Gasteiger partial charge in [-0.3, -0.25) is 9.78 Å². The highest BCUT2D eigenvalue weighted by Gasteiger charge is 2.26. The van der Waals surface area contributed by atoms with Crippen molar-refractivity contribution in [1.82, 2.24) is 25.2 Å². The van der Waals surface area contributed by atoms with Gasteiger partial charge < -0.3 is 4.90 Å². The van der Waals surface area contributed by atoms with Crippen LogP contribution in [0.25, 0.3) is 0 Å². The summed E-state index contributed by atoms with van der Waals surface area (Å²) in [6.07, 6.45) is 10.7. The molecule has 2 aromatic heterocycles. The van der Waals surface area contributed by atoms with Crippen molar-refractivity contribution in [2.24, 2.45) is 7.05 Å². The maximum atomic E-state index is 12.9. The Hall–Kier alpha value is -1.96. The zero-order valence-corrected chi connectivity index (χ0v) is 15.4. The van der Waals surface area contributed by atoms with Crippen LogP contribution in [0.3, 0.4) is 0 Å². The summed E-state index contributed by atoms with van der Waals surface area (Å²) in [5.41, 5.74) is 0.969. The van der Waals surface area contributed by atoms with Crippen molar-refractivity contribution in [2.45, 2.75) is 56.1 Å². The van der Waals surface area contributed by atoms with E-state index in [9.17, 15) is 4.79 Å². The molecule has 0 unspecified atom stereocenters. The Morgan fingerprint density at radius 2 is 2.04 bits per heavy atom. The summed E-state index contributed by atoms with van der Waals surface area (Å²) in [5.74, 6) is 1.03. The Morgan fingerprint density at radius 1 is 1.28 bits per heavy atom. The monoisotopic (exact) mass is 360 g/mol. The van der Waals surface area contributed by atoms with Crippen LogP contribution in [0.5, 0.6) is 0 Å². The number of hydrogen-bond acceptors (Lipinski definition) is 6. The standard InChI is InChI=1S/C17H24N6OS/c1-22-17(19-20-21-22)25-13-5-8-16(24)23(14-6-3-2-4-7-14)15-9-11-18-12-10-15/h9-12,14H,2-8,13H2,1H3. The highest BCUT2D eigenvalue weighted by Crippen LogP contribution is 2.28. The first-order chi connectivity index (χ1) is 12.3. The van der Waals surface area contributed by atoms with Crippen LogP contribution in [0.15, 0.2) is 29.7 Å². The molecule has 1 saturated carbocycles. The average molecular weight is 360 g/mol. The van der Waals surface area contributed by atoms with Gasteiger partial charge >= 0.3 is 0 Å². The molecule has 0 atom stereocenters. The summed E-state index contributed by atoms with van der Waals surface area (Å²) < 4.78 is 1.65. The number of anilines is 1. The fourth-order valence-corrected chi connectivity index (χ4v) is 4.04. The molecule has 7 nitrogen and oxygen atoms in total. The molecule has 25 heavy (non-hydrogen) atoms. The fourth-order valence-electron chi connectivity index (χ4n) is 3.25. The van der Waals surface area contributed by atoms with Crippen LogP contribution >= 0.6 is 11.8 Å². The SMILES string of the molecule is Cn1nnnc1SCCCC(=O)N(c1ccncc1)C1CCCCC1. The molecular formula is C17H24N6OS. The second kappa shape index (κ2) is 8.94. The number of nitrogens with zero attached hydrogens (tertiary/aromatic N) is 6. The van der Waals surface area contributed by atoms with Gasteiger partial charge in [0.2, 0.25) is 11.1 Å². The van der Waals surface area contributed by atoms with Crippen LogP contribution in [0.4, 0.5) is 5.69 Å². The minimum atomic E-state index is 0.204. The number of carbonyl (C=O) groups is 1. The Balaban J connectivity index is 1.58.